The summed E-state index contributed by atoms with van der Waals surface area (Å²) in [4.78, 5) is 11.7. The third-order valence-corrected chi connectivity index (χ3v) is 2.61. The highest BCUT2D eigenvalue weighted by Gasteiger charge is 2.33. The van der Waals surface area contributed by atoms with Crippen LogP contribution in [0.1, 0.15) is 13.8 Å². The van der Waals surface area contributed by atoms with E-state index in [4.69, 9.17) is 11.6 Å². The van der Waals surface area contributed by atoms with E-state index in [1.807, 2.05) is 0 Å². The van der Waals surface area contributed by atoms with E-state index >= 15 is 0 Å². The maximum absolute atomic E-state index is 13.1. The fourth-order valence-electron chi connectivity index (χ4n) is 1.07. The molecule has 1 amide bonds. The lowest BCUT2D eigenvalue weighted by Crippen LogP contribution is -2.31. The van der Waals surface area contributed by atoms with E-state index in [0.29, 0.717) is 10.7 Å². The number of carbonyl (C=O) groups is 1. The van der Waals surface area contributed by atoms with Crippen LogP contribution in [0.5, 0.6) is 0 Å². The average molecular weight is 260 g/mol. The zero-order chi connectivity index (χ0) is 13.1. The molecule has 0 aliphatic carbocycles. The molecule has 0 bridgehead atoms. The Labute approximate surface area is 103 Å². The SMILES string of the molecule is CC(C)(C(=O)Nc1ccc(Cl)cc1)/C(F)=C\F. The molecule has 0 heterocycles. The quantitative estimate of drug-likeness (QED) is 0.870. The maximum Gasteiger partial charge on any atom is 0.236 e. The van der Waals surface area contributed by atoms with Crippen LogP contribution < -0.4 is 5.32 Å². The van der Waals surface area contributed by atoms with E-state index in [2.05, 4.69) is 5.32 Å². The number of halogens is 3. The van der Waals surface area contributed by atoms with Gasteiger partial charge in [-0.05, 0) is 38.1 Å². The van der Waals surface area contributed by atoms with Gasteiger partial charge in [-0.25, -0.2) is 8.78 Å². The summed E-state index contributed by atoms with van der Waals surface area (Å²) in [5, 5.41) is 3.00. The molecule has 0 aliphatic rings. The van der Waals surface area contributed by atoms with Gasteiger partial charge in [0.15, 0.2) is 0 Å². The third-order valence-electron chi connectivity index (χ3n) is 2.36. The van der Waals surface area contributed by atoms with Gasteiger partial charge in [-0.2, -0.15) is 0 Å². The molecule has 0 aliphatic heterocycles. The Morgan fingerprint density at radius 1 is 1.35 bits per heavy atom. The van der Waals surface area contributed by atoms with Crippen molar-refractivity contribution in [1.82, 2.24) is 0 Å². The second-order valence-electron chi connectivity index (χ2n) is 4.04. The molecular weight excluding hydrogens is 248 g/mol. The van der Waals surface area contributed by atoms with Crippen LogP contribution in [0.3, 0.4) is 0 Å². The van der Waals surface area contributed by atoms with E-state index < -0.39 is 17.1 Å². The van der Waals surface area contributed by atoms with Crippen molar-refractivity contribution in [2.24, 2.45) is 5.41 Å². The highest BCUT2D eigenvalue weighted by atomic mass is 35.5. The minimum atomic E-state index is -1.55. The van der Waals surface area contributed by atoms with Gasteiger partial charge in [0.25, 0.3) is 0 Å². The predicted molar refractivity (Wildman–Crippen MR) is 64.2 cm³/mol. The largest absolute Gasteiger partial charge is 0.325 e. The second-order valence-corrected chi connectivity index (χ2v) is 4.48. The number of hydrogen-bond acceptors (Lipinski definition) is 1. The van der Waals surface area contributed by atoms with Crippen molar-refractivity contribution >= 4 is 23.2 Å². The topological polar surface area (TPSA) is 29.1 Å². The molecule has 1 N–H and O–H groups in total. The van der Waals surface area contributed by atoms with Gasteiger partial charge in [-0.3, -0.25) is 4.79 Å². The summed E-state index contributed by atoms with van der Waals surface area (Å²) in [7, 11) is 0. The van der Waals surface area contributed by atoms with Crippen LogP contribution in [-0.4, -0.2) is 5.91 Å². The number of benzene rings is 1. The summed E-state index contributed by atoms with van der Waals surface area (Å²) in [5.41, 5.74) is -1.08. The first-order chi connectivity index (χ1) is 7.87. The zero-order valence-corrected chi connectivity index (χ0v) is 10.2. The first-order valence-electron chi connectivity index (χ1n) is 4.91. The summed E-state index contributed by atoms with van der Waals surface area (Å²) in [6.07, 6.45) is -0.207. The van der Waals surface area contributed by atoms with E-state index in [9.17, 15) is 13.6 Å². The van der Waals surface area contributed by atoms with Crippen molar-refractivity contribution in [2.45, 2.75) is 13.8 Å². The van der Waals surface area contributed by atoms with Crippen LogP contribution in [0.15, 0.2) is 36.4 Å². The molecule has 0 saturated carbocycles. The van der Waals surface area contributed by atoms with E-state index in [0.717, 1.165) is 0 Å². The first kappa shape index (κ1) is 13.6. The van der Waals surface area contributed by atoms with Crippen LogP contribution in [0.25, 0.3) is 0 Å². The maximum atomic E-state index is 13.1. The van der Waals surface area contributed by atoms with E-state index in [1.165, 1.54) is 13.8 Å². The molecule has 0 saturated heterocycles. The highest BCUT2D eigenvalue weighted by Crippen LogP contribution is 2.29. The van der Waals surface area contributed by atoms with Gasteiger partial charge < -0.3 is 5.32 Å². The zero-order valence-electron chi connectivity index (χ0n) is 9.43. The van der Waals surface area contributed by atoms with Crippen LogP contribution in [0, 0.1) is 5.41 Å². The van der Waals surface area contributed by atoms with Crippen molar-refractivity contribution in [3.8, 4) is 0 Å². The summed E-state index contributed by atoms with van der Waals surface area (Å²) in [6, 6.07) is 6.33. The smallest absolute Gasteiger partial charge is 0.236 e. The lowest BCUT2D eigenvalue weighted by atomic mass is 9.91. The fourth-order valence-corrected chi connectivity index (χ4v) is 1.19. The molecule has 0 aromatic heterocycles. The van der Waals surface area contributed by atoms with Crippen molar-refractivity contribution in [3.05, 3.63) is 41.4 Å². The van der Waals surface area contributed by atoms with Crippen molar-refractivity contribution < 1.29 is 13.6 Å². The Balaban J connectivity index is 2.82. The number of amides is 1. The molecule has 0 fully saturated rings. The summed E-state index contributed by atoms with van der Waals surface area (Å²) in [5.74, 6) is -1.75. The van der Waals surface area contributed by atoms with Gasteiger partial charge >= 0.3 is 0 Å². The third kappa shape index (κ3) is 3.27. The number of carbonyl (C=O) groups excluding carboxylic acids is 1. The molecule has 0 radical (unpaired) electrons. The summed E-state index contributed by atoms with van der Waals surface area (Å²) >= 11 is 5.68. The molecule has 92 valence electrons. The minimum absolute atomic E-state index is 0.207. The molecule has 2 nitrogen and oxygen atoms in total. The predicted octanol–water partition coefficient (Wildman–Crippen LogP) is 4.09. The van der Waals surface area contributed by atoms with Crippen LogP contribution in [0.4, 0.5) is 14.5 Å². The number of rotatable bonds is 3. The lowest BCUT2D eigenvalue weighted by Gasteiger charge is -2.20. The van der Waals surface area contributed by atoms with E-state index in [-0.39, 0.29) is 6.33 Å². The molecule has 1 aromatic rings. The first-order valence-corrected chi connectivity index (χ1v) is 5.29. The Kier molecular flexibility index (Phi) is 4.23. The monoisotopic (exact) mass is 259 g/mol. The van der Waals surface area contributed by atoms with Gasteiger partial charge in [0.05, 0.1) is 5.41 Å². The Bertz CT molecular complexity index is 440. The van der Waals surface area contributed by atoms with Gasteiger partial charge in [0.1, 0.15) is 12.2 Å². The normalized spacial score (nSPS) is 12.4. The highest BCUT2D eigenvalue weighted by molar-refractivity contribution is 6.30. The van der Waals surface area contributed by atoms with Crippen LogP contribution in [0.2, 0.25) is 5.02 Å². The molecule has 0 unspecified atom stereocenters. The Hall–Kier alpha value is -1.42. The number of anilines is 1. The second kappa shape index (κ2) is 5.27. The fraction of sp³-hybridized carbons (Fsp3) is 0.250. The van der Waals surface area contributed by atoms with Crippen molar-refractivity contribution in [3.63, 3.8) is 0 Å². The van der Waals surface area contributed by atoms with E-state index in [1.54, 1.807) is 24.3 Å². The molecule has 17 heavy (non-hydrogen) atoms. The van der Waals surface area contributed by atoms with Crippen LogP contribution in [-0.2, 0) is 4.79 Å². The Morgan fingerprint density at radius 2 is 1.88 bits per heavy atom. The van der Waals surface area contributed by atoms with Crippen molar-refractivity contribution in [1.29, 1.82) is 0 Å². The number of hydrogen-bond donors (Lipinski definition) is 1. The average Bonchev–Trinajstić information content (AvgIpc) is 2.30. The minimum Gasteiger partial charge on any atom is -0.325 e. The van der Waals surface area contributed by atoms with Gasteiger partial charge in [-0.1, -0.05) is 11.6 Å². The molecule has 0 spiro atoms. The molecule has 1 aromatic carbocycles. The Morgan fingerprint density at radius 3 is 2.35 bits per heavy atom. The van der Waals surface area contributed by atoms with Gasteiger partial charge in [-0.15, -0.1) is 0 Å². The van der Waals surface area contributed by atoms with Crippen LogP contribution >= 0.6 is 11.6 Å². The summed E-state index contributed by atoms with van der Waals surface area (Å²) < 4.78 is 25.2. The number of nitrogens with one attached hydrogen (secondary N) is 1. The van der Waals surface area contributed by atoms with Gasteiger partial charge in [0, 0.05) is 10.7 Å². The molecular formula is C12H12ClF2NO. The molecule has 0 atom stereocenters. The standard InChI is InChI=1S/C12H12ClF2NO/c1-12(2,10(15)7-14)11(17)16-9-5-3-8(13)4-6-9/h3-7H,1-2H3,(H,16,17)/b10-7+. The summed E-state index contributed by atoms with van der Waals surface area (Å²) in [6.45, 7) is 2.59. The molecule has 1 rings (SSSR count). The van der Waals surface area contributed by atoms with Gasteiger partial charge in [0.2, 0.25) is 5.91 Å². The lowest BCUT2D eigenvalue weighted by molar-refractivity contribution is -0.123. The van der Waals surface area contributed by atoms with Crippen molar-refractivity contribution in [2.75, 3.05) is 5.32 Å². The molecule has 5 heteroatoms.